The van der Waals surface area contributed by atoms with E-state index in [1.807, 2.05) is 60.7 Å². The Kier molecular flexibility index (Phi) is 7.65. The molecule has 2 N–H and O–H groups in total. The molecule has 0 bridgehead atoms. The summed E-state index contributed by atoms with van der Waals surface area (Å²) in [6, 6.07) is 21.7. The zero-order chi connectivity index (χ0) is 21.7. The number of benzene rings is 3. The average Bonchev–Trinajstić information content (AvgIpc) is 2.77. The summed E-state index contributed by atoms with van der Waals surface area (Å²) in [4.78, 5) is -0.619. The van der Waals surface area contributed by atoms with Gasteiger partial charge in [-0.25, -0.2) is 0 Å². The van der Waals surface area contributed by atoms with Gasteiger partial charge < -0.3 is 15.6 Å². The van der Waals surface area contributed by atoms with Crippen LogP contribution in [0.1, 0.15) is 31.9 Å². The monoisotopic (exact) mass is 532 g/mol. The molecule has 30 heavy (non-hydrogen) atoms. The molecule has 0 aliphatic carbocycles. The summed E-state index contributed by atoms with van der Waals surface area (Å²) in [7, 11) is 0. The van der Waals surface area contributed by atoms with Crippen molar-refractivity contribution in [3.8, 4) is 0 Å². The van der Waals surface area contributed by atoms with Gasteiger partial charge in [0.15, 0.2) is 0 Å². The maximum Gasteiger partial charge on any atom is 0.101 e. The standard InChI is InChI=1S/C22H18Br2N2O4/c23-21(16-9-5-2-6-10-16)22(24)18-13-17(12-11-15-7-3-1-4-8-15)19(25(27)28)14-20(18)26(29)30/h1-14,21-22,29-30H/q-2. The fraction of sp³-hybridized carbons (Fsp3) is 0.0909. The molecule has 156 valence electrons. The van der Waals surface area contributed by atoms with E-state index < -0.39 is 10.1 Å². The third-order valence-electron chi connectivity index (χ3n) is 4.52. The minimum absolute atomic E-state index is 0.0826. The fourth-order valence-electron chi connectivity index (χ4n) is 3.01. The minimum atomic E-state index is -0.548. The molecule has 0 aromatic heterocycles. The summed E-state index contributed by atoms with van der Waals surface area (Å²) in [5, 5.41) is 42.0. The van der Waals surface area contributed by atoms with E-state index in [2.05, 4.69) is 31.9 Å². The predicted molar refractivity (Wildman–Crippen MR) is 127 cm³/mol. The summed E-state index contributed by atoms with van der Waals surface area (Å²) in [5.74, 6) is 0. The molecule has 3 rings (SSSR count). The lowest BCUT2D eigenvalue weighted by Gasteiger charge is -2.39. The van der Waals surface area contributed by atoms with Crippen molar-refractivity contribution in [1.29, 1.82) is 0 Å². The minimum Gasteiger partial charge on any atom is -0.769 e. The maximum atomic E-state index is 11.6. The van der Waals surface area contributed by atoms with Crippen molar-refractivity contribution in [3.05, 3.63) is 105 Å². The van der Waals surface area contributed by atoms with Crippen molar-refractivity contribution < 1.29 is 10.4 Å². The molecule has 0 aliphatic rings. The Bertz CT molecular complexity index is 999. The molecule has 0 aliphatic heterocycles. The molecule has 0 saturated carbocycles. The van der Waals surface area contributed by atoms with E-state index >= 15 is 0 Å². The molecule has 0 radical (unpaired) electrons. The number of anilines is 2. The number of rotatable bonds is 7. The van der Waals surface area contributed by atoms with Crippen molar-refractivity contribution in [1.82, 2.24) is 0 Å². The number of hydrogen-bond donors (Lipinski definition) is 2. The van der Waals surface area contributed by atoms with Crippen LogP contribution in [0.15, 0.2) is 72.8 Å². The first-order valence-electron chi connectivity index (χ1n) is 8.95. The van der Waals surface area contributed by atoms with Crippen molar-refractivity contribution in [2.75, 3.05) is 10.5 Å². The third kappa shape index (κ3) is 5.28. The highest BCUT2D eigenvalue weighted by Gasteiger charge is 2.25. The quantitative estimate of drug-likeness (QED) is 0.197. The SMILES string of the molecule is [O-]N([O-])c1cc(N(O)O)c(C(Br)C(Br)c2ccccc2)cc1C=Cc1ccccc1. The molecular weight excluding hydrogens is 516 g/mol. The van der Waals surface area contributed by atoms with E-state index in [1.165, 1.54) is 0 Å². The maximum absolute atomic E-state index is 11.6. The van der Waals surface area contributed by atoms with E-state index in [0.29, 0.717) is 11.1 Å². The molecule has 3 aromatic carbocycles. The number of alkyl halides is 2. The Morgan fingerprint density at radius 3 is 1.93 bits per heavy atom. The van der Waals surface area contributed by atoms with Crippen LogP contribution in [-0.4, -0.2) is 10.4 Å². The molecule has 0 fully saturated rings. The van der Waals surface area contributed by atoms with Gasteiger partial charge in [-0.2, -0.15) is 0 Å². The predicted octanol–water partition coefficient (Wildman–Crippen LogP) is 6.82. The molecule has 3 aromatic rings. The largest absolute Gasteiger partial charge is 0.769 e. The van der Waals surface area contributed by atoms with Gasteiger partial charge in [0.1, 0.15) is 5.69 Å². The summed E-state index contributed by atoms with van der Waals surface area (Å²) in [6.07, 6.45) is 3.42. The lowest BCUT2D eigenvalue weighted by Crippen LogP contribution is -2.17. The van der Waals surface area contributed by atoms with Gasteiger partial charge in [-0.15, -0.1) is 5.23 Å². The fourth-order valence-corrected chi connectivity index (χ4v) is 4.27. The first-order chi connectivity index (χ1) is 14.4. The Morgan fingerprint density at radius 2 is 1.37 bits per heavy atom. The second-order valence-corrected chi connectivity index (χ2v) is 8.45. The summed E-state index contributed by atoms with van der Waals surface area (Å²) in [6.45, 7) is 0. The highest BCUT2D eigenvalue weighted by Crippen LogP contribution is 2.47. The van der Waals surface area contributed by atoms with Crippen LogP contribution in [-0.2, 0) is 0 Å². The zero-order valence-electron chi connectivity index (χ0n) is 15.6. The first-order valence-corrected chi connectivity index (χ1v) is 10.8. The molecular formula is C22H18Br2N2O4-2. The first kappa shape index (κ1) is 22.5. The number of nitrogens with zero attached hydrogens (tertiary/aromatic N) is 2. The van der Waals surface area contributed by atoms with Gasteiger partial charge >= 0.3 is 0 Å². The van der Waals surface area contributed by atoms with Gasteiger partial charge in [0.05, 0.1) is 9.65 Å². The van der Waals surface area contributed by atoms with Crippen LogP contribution >= 0.6 is 31.9 Å². The molecule has 6 nitrogen and oxygen atoms in total. The van der Waals surface area contributed by atoms with Crippen LogP contribution in [0.2, 0.25) is 0 Å². The zero-order valence-corrected chi connectivity index (χ0v) is 18.8. The van der Waals surface area contributed by atoms with E-state index in [0.717, 1.165) is 17.2 Å². The number of halogens is 2. The van der Waals surface area contributed by atoms with Gasteiger partial charge in [0.25, 0.3) is 0 Å². The van der Waals surface area contributed by atoms with E-state index in [1.54, 1.807) is 18.2 Å². The Morgan fingerprint density at radius 1 is 0.767 bits per heavy atom. The van der Waals surface area contributed by atoms with Gasteiger partial charge in [-0.05, 0) is 34.4 Å². The second-order valence-electron chi connectivity index (χ2n) is 6.47. The van der Waals surface area contributed by atoms with Gasteiger partial charge in [-0.3, -0.25) is 10.4 Å². The molecule has 0 spiro atoms. The van der Waals surface area contributed by atoms with Crippen LogP contribution in [0, 0.1) is 10.4 Å². The summed E-state index contributed by atoms with van der Waals surface area (Å²) in [5.41, 5.74) is 2.36. The van der Waals surface area contributed by atoms with Crippen molar-refractivity contribution >= 4 is 55.4 Å². The van der Waals surface area contributed by atoms with E-state index in [4.69, 9.17) is 0 Å². The van der Waals surface area contributed by atoms with Crippen LogP contribution in [0.4, 0.5) is 11.4 Å². The normalized spacial score (nSPS) is 13.3. The molecule has 0 amide bonds. The third-order valence-corrected chi connectivity index (χ3v) is 7.30. The number of hydrogen-bond acceptors (Lipinski definition) is 6. The van der Waals surface area contributed by atoms with E-state index in [9.17, 15) is 20.8 Å². The summed E-state index contributed by atoms with van der Waals surface area (Å²) >= 11 is 7.25. The van der Waals surface area contributed by atoms with Gasteiger partial charge in [0.2, 0.25) is 0 Å². The van der Waals surface area contributed by atoms with E-state index in [-0.39, 0.29) is 21.4 Å². The smallest absolute Gasteiger partial charge is 0.101 e. The molecule has 2 atom stereocenters. The lowest BCUT2D eigenvalue weighted by molar-refractivity contribution is 0.0287. The van der Waals surface area contributed by atoms with Crippen LogP contribution in [0.5, 0.6) is 0 Å². The van der Waals surface area contributed by atoms with Gasteiger partial charge in [-0.1, -0.05) is 105 Å². The Balaban J connectivity index is 2.08. The van der Waals surface area contributed by atoms with Crippen molar-refractivity contribution in [3.63, 3.8) is 0 Å². The second kappa shape index (κ2) is 10.2. The lowest BCUT2D eigenvalue weighted by atomic mass is 9.98. The van der Waals surface area contributed by atoms with Crippen LogP contribution < -0.4 is 10.5 Å². The van der Waals surface area contributed by atoms with Crippen molar-refractivity contribution in [2.45, 2.75) is 9.65 Å². The Hall–Kier alpha value is -2.20. The average molecular weight is 534 g/mol. The highest BCUT2D eigenvalue weighted by molar-refractivity contribution is 9.12. The van der Waals surface area contributed by atoms with Crippen LogP contribution in [0.3, 0.4) is 0 Å². The molecule has 2 unspecified atom stereocenters. The van der Waals surface area contributed by atoms with Crippen molar-refractivity contribution in [2.24, 2.45) is 0 Å². The van der Waals surface area contributed by atoms with Gasteiger partial charge in [0, 0.05) is 5.69 Å². The molecule has 8 heteroatoms. The Labute approximate surface area is 191 Å². The highest BCUT2D eigenvalue weighted by atomic mass is 79.9. The van der Waals surface area contributed by atoms with Crippen LogP contribution in [0.25, 0.3) is 12.2 Å². The molecule has 0 heterocycles. The summed E-state index contributed by atoms with van der Waals surface area (Å²) < 4.78 is 0. The molecule has 0 saturated heterocycles. The topological polar surface area (TPSA) is 93.1 Å².